The predicted molar refractivity (Wildman–Crippen MR) is 130 cm³/mol. The zero-order valence-electron chi connectivity index (χ0n) is 19.7. The second-order valence-corrected chi connectivity index (χ2v) is 8.51. The van der Waals surface area contributed by atoms with Crippen molar-refractivity contribution in [2.24, 2.45) is 0 Å². The molecule has 2 N–H and O–H groups in total. The van der Waals surface area contributed by atoms with E-state index in [1.807, 2.05) is 57.2 Å². The van der Waals surface area contributed by atoms with E-state index in [0.29, 0.717) is 22.3 Å². The summed E-state index contributed by atoms with van der Waals surface area (Å²) >= 11 is 0. The average Bonchev–Trinajstić information content (AvgIpc) is 3.09. The van der Waals surface area contributed by atoms with Gasteiger partial charge in [-0.1, -0.05) is 37.3 Å². The number of nitrogens with one attached hydrogen (secondary N) is 2. The normalized spacial score (nSPS) is 12.2. The number of hydrogen-bond donors (Lipinski definition) is 2. The standard InChI is InChI=1S/C26H29N5O2/c1-6-17(4)31-18(5)22(26(33)28-13-20-15(2)12-16(3)29-25(20)32)21-14-27-23(30-24(21)31)19-10-8-7-9-11-19/h7-12,14,17H,6,13H2,1-5H3,(H,28,33)(H,29,32)/t17-/m1/s1. The number of benzene rings is 1. The third-order valence-electron chi connectivity index (χ3n) is 6.20. The fraction of sp³-hybridized carbons (Fsp3) is 0.308. The molecule has 0 fully saturated rings. The Balaban J connectivity index is 1.76. The van der Waals surface area contributed by atoms with Crippen molar-refractivity contribution in [2.45, 2.75) is 53.6 Å². The van der Waals surface area contributed by atoms with Crippen LogP contribution < -0.4 is 10.9 Å². The number of fused-ring (bicyclic) bond motifs is 1. The number of aromatic amines is 1. The van der Waals surface area contributed by atoms with Crippen LogP contribution in [-0.4, -0.2) is 25.4 Å². The number of rotatable bonds is 6. The van der Waals surface area contributed by atoms with Gasteiger partial charge in [0.25, 0.3) is 11.5 Å². The van der Waals surface area contributed by atoms with Crippen molar-refractivity contribution in [3.05, 3.63) is 81.0 Å². The van der Waals surface area contributed by atoms with Gasteiger partial charge in [0.1, 0.15) is 5.65 Å². The first-order valence-electron chi connectivity index (χ1n) is 11.2. The molecule has 1 aromatic carbocycles. The van der Waals surface area contributed by atoms with Gasteiger partial charge in [-0.3, -0.25) is 9.59 Å². The van der Waals surface area contributed by atoms with E-state index < -0.39 is 0 Å². The van der Waals surface area contributed by atoms with Gasteiger partial charge in [0.2, 0.25) is 0 Å². The number of pyridine rings is 1. The third kappa shape index (κ3) is 4.18. The fourth-order valence-corrected chi connectivity index (χ4v) is 4.30. The Hall–Kier alpha value is -3.74. The van der Waals surface area contributed by atoms with Crippen LogP contribution in [0.25, 0.3) is 22.4 Å². The van der Waals surface area contributed by atoms with Crippen LogP contribution in [0.4, 0.5) is 0 Å². The molecule has 7 nitrogen and oxygen atoms in total. The molecule has 4 rings (SSSR count). The molecule has 0 unspecified atom stereocenters. The molecule has 4 aromatic rings. The molecule has 1 atom stereocenters. The van der Waals surface area contributed by atoms with Crippen molar-refractivity contribution in [1.82, 2.24) is 24.8 Å². The number of aromatic nitrogens is 4. The molecule has 33 heavy (non-hydrogen) atoms. The average molecular weight is 444 g/mol. The van der Waals surface area contributed by atoms with Gasteiger partial charge in [0.15, 0.2) is 5.82 Å². The minimum absolute atomic E-state index is 0.151. The molecular formula is C26H29N5O2. The van der Waals surface area contributed by atoms with Gasteiger partial charge in [-0.25, -0.2) is 9.97 Å². The first-order valence-corrected chi connectivity index (χ1v) is 11.2. The van der Waals surface area contributed by atoms with E-state index in [-0.39, 0.29) is 24.1 Å². The zero-order chi connectivity index (χ0) is 23.7. The van der Waals surface area contributed by atoms with Gasteiger partial charge in [-0.05, 0) is 45.7 Å². The van der Waals surface area contributed by atoms with Crippen molar-refractivity contribution >= 4 is 16.9 Å². The van der Waals surface area contributed by atoms with Crippen LogP contribution in [0.15, 0.2) is 47.4 Å². The van der Waals surface area contributed by atoms with Gasteiger partial charge >= 0.3 is 0 Å². The summed E-state index contributed by atoms with van der Waals surface area (Å²) in [5, 5.41) is 3.65. The summed E-state index contributed by atoms with van der Waals surface area (Å²) in [4.78, 5) is 37.9. The number of hydrogen-bond acceptors (Lipinski definition) is 4. The number of carbonyl (C=O) groups excluding carboxylic acids is 1. The third-order valence-corrected chi connectivity index (χ3v) is 6.20. The topological polar surface area (TPSA) is 92.7 Å². The number of amides is 1. The van der Waals surface area contributed by atoms with Crippen LogP contribution >= 0.6 is 0 Å². The lowest BCUT2D eigenvalue weighted by molar-refractivity contribution is 0.0951. The highest BCUT2D eigenvalue weighted by molar-refractivity contribution is 6.07. The van der Waals surface area contributed by atoms with Crippen molar-refractivity contribution in [2.75, 3.05) is 0 Å². The van der Waals surface area contributed by atoms with E-state index >= 15 is 0 Å². The number of H-pyrrole nitrogens is 1. The Labute approximate surface area is 192 Å². The molecule has 1 amide bonds. The molecule has 0 saturated carbocycles. The maximum absolute atomic E-state index is 13.3. The molecule has 0 bridgehead atoms. The van der Waals surface area contributed by atoms with E-state index in [4.69, 9.17) is 4.98 Å². The van der Waals surface area contributed by atoms with E-state index in [9.17, 15) is 9.59 Å². The Kier molecular flexibility index (Phi) is 6.14. The van der Waals surface area contributed by atoms with E-state index in [0.717, 1.165) is 34.6 Å². The lowest BCUT2D eigenvalue weighted by Crippen LogP contribution is -2.28. The van der Waals surface area contributed by atoms with E-state index in [1.165, 1.54) is 0 Å². The monoisotopic (exact) mass is 443 g/mol. The van der Waals surface area contributed by atoms with Crippen molar-refractivity contribution < 1.29 is 4.79 Å². The minimum Gasteiger partial charge on any atom is -0.348 e. The molecule has 3 heterocycles. The summed E-state index contributed by atoms with van der Waals surface area (Å²) in [6.07, 6.45) is 2.63. The highest BCUT2D eigenvalue weighted by Crippen LogP contribution is 2.30. The van der Waals surface area contributed by atoms with Crippen molar-refractivity contribution in [3.8, 4) is 11.4 Å². The van der Waals surface area contributed by atoms with Gasteiger partial charge in [-0.2, -0.15) is 0 Å². The molecular weight excluding hydrogens is 414 g/mol. The summed E-state index contributed by atoms with van der Waals surface area (Å²) < 4.78 is 2.11. The lowest BCUT2D eigenvalue weighted by atomic mass is 10.1. The Morgan fingerprint density at radius 1 is 1.18 bits per heavy atom. The molecule has 0 aliphatic heterocycles. The minimum atomic E-state index is -0.241. The molecule has 170 valence electrons. The van der Waals surface area contributed by atoms with E-state index in [2.05, 4.69) is 33.7 Å². The quantitative estimate of drug-likeness (QED) is 0.455. The summed E-state index contributed by atoms with van der Waals surface area (Å²) in [5.74, 6) is 0.383. The Morgan fingerprint density at radius 2 is 1.91 bits per heavy atom. The first kappa shape index (κ1) is 22.5. The van der Waals surface area contributed by atoms with Gasteiger partial charge in [0, 0.05) is 41.3 Å². The Bertz CT molecular complexity index is 1390. The maximum Gasteiger partial charge on any atom is 0.254 e. The van der Waals surface area contributed by atoms with Crippen LogP contribution in [0.5, 0.6) is 0 Å². The highest BCUT2D eigenvalue weighted by Gasteiger charge is 2.24. The molecule has 3 aromatic heterocycles. The molecule has 0 aliphatic rings. The second kappa shape index (κ2) is 9.02. The molecule has 0 spiro atoms. The van der Waals surface area contributed by atoms with Crippen LogP contribution in [0.2, 0.25) is 0 Å². The predicted octanol–water partition coefficient (Wildman–Crippen LogP) is 4.61. The number of aryl methyl sites for hydroxylation is 2. The van der Waals surface area contributed by atoms with Crippen LogP contribution in [0.3, 0.4) is 0 Å². The SMILES string of the molecule is CC[C@@H](C)n1c(C)c(C(=O)NCc2c(C)cc(C)[nH]c2=O)c2cnc(-c3ccccc3)nc21. The smallest absolute Gasteiger partial charge is 0.254 e. The number of carbonyl (C=O) groups is 1. The summed E-state index contributed by atoms with van der Waals surface area (Å²) in [7, 11) is 0. The second-order valence-electron chi connectivity index (χ2n) is 8.51. The summed E-state index contributed by atoms with van der Waals surface area (Å²) in [6, 6.07) is 11.9. The number of nitrogens with zero attached hydrogens (tertiary/aromatic N) is 3. The first-order chi connectivity index (χ1) is 15.8. The summed E-state index contributed by atoms with van der Waals surface area (Å²) in [5.41, 5.74) is 5.08. The van der Waals surface area contributed by atoms with Gasteiger partial charge < -0.3 is 14.9 Å². The van der Waals surface area contributed by atoms with Crippen LogP contribution in [0, 0.1) is 20.8 Å². The van der Waals surface area contributed by atoms with Crippen molar-refractivity contribution in [3.63, 3.8) is 0 Å². The van der Waals surface area contributed by atoms with Gasteiger partial charge in [0.05, 0.1) is 10.9 Å². The van der Waals surface area contributed by atoms with E-state index in [1.54, 1.807) is 6.20 Å². The zero-order valence-corrected chi connectivity index (χ0v) is 19.7. The Morgan fingerprint density at radius 3 is 2.58 bits per heavy atom. The van der Waals surface area contributed by atoms with Crippen LogP contribution in [-0.2, 0) is 6.54 Å². The van der Waals surface area contributed by atoms with Crippen molar-refractivity contribution in [1.29, 1.82) is 0 Å². The summed E-state index contributed by atoms with van der Waals surface area (Å²) in [6.45, 7) is 10.0. The molecule has 7 heteroatoms. The fourth-order valence-electron chi connectivity index (χ4n) is 4.30. The highest BCUT2D eigenvalue weighted by atomic mass is 16.2. The largest absolute Gasteiger partial charge is 0.348 e. The molecule has 0 aliphatic carbocycles. The van der Waals surface area contributed by atoms with Crippen LogP contribution in [0.1, 0.15) is 59.2 Å². The molecule has 0 radical (unpaired) electrons. The maximum atomic E-state index is 13.3. The lowest BCUT2D eigenvalue weighted by Gasteiger charge is -2.15. The van der Waals surface area contributed by atoms with Gasteiger partial charge in [-0.15, -0.1) is 0 Å². The molecule has 0 saturated heterocycles.